The van der Waals surface area contributed by atoms with Gasteiger partial charge in [-0.1, -0.05) is 150 Å². The molecule has 2 aliphatic rings. The van der Waals surface area contributed by atoms with Crippen molar-refractivity contribution < 1.29 is 59.6 Å². The van der Waals surface area contributed by atoms with Crippen molar-refractivity contribution in [2.24, 2.45) is 0 Å². The van der Waals surface area contributed by atoms with E-state index in [1.807, 2.05) is 0 Å². The molecule has 60 heavy (non-hydrogen) atoms. The normalized spacial score (nSPS) is 22.4. The molecule has 3 heteroatoms. The van der Waals surface area contributed by atoms with E-state index >= 15 is 0 Å². The third kappa shape index (κ3) is 4.38. The fraction of sp³-hybridized carbons (Fsp3) is 0.0526. The maximum absolute atomic E-state index is 10.2. The predicted octanol–water partition coefficient (Wildman–Crippen LogP) is 15.6. The first-order valence-corrected chi connectivity index (χ1v) is 17.7. The number of benzene rings is 9. The molecule has 0 saturated carbocycles. The van der Waals surface area contributed by atoms with Gasteiger partial charge in [-0.15, -0.1) is 0 Å². The zero-order chi connectivity index (χ0) is 71.7. The van der Waals surface area contributed by atoms with Crippen LogP contribution in [0.25, 0.3) is 77.3 Å². The van der Waals surface area contributed by atoms with E-state index in [9.17, 15) is 27.4 Å². The highest BCUT2D eigenvalue weighted by Crippen LogP contribution is 2.65. The van der Waals surface area contributed by atoms with Crippen LogP contribution < -0.4 is 4.90 Å². The third-order valence-electron chi connectivity index (χ3n) is 10.6. The number of hydrogen-bond donors (Lipinski definition) is 0. The summed E-state index contributed by atoms with van der Waals surface area (Å²) < 4.78 is 356. The zero-order valence-electron chi connectivity index (χ0n) is 66.8. The van der Waals surface area contributed by atoms with Gasteiger partial charge in [0, 0.05) is 35.6 Å². The van der Waals surface area contributed by atoms with E-state index in [0.717, 1.165) is 0 Å². The Kier molecular flexibility index (Phi) is 2.74. The van der Waals surface area contributed by atoms with Crippen molar-refractivity contribution in [3.8, 4) is 33.4 Å². The Morgan fingerprint density at radius 1 is 0.433 bits per heavy atom. The Labute approximate surface area is 399 Å². The van der Waals surface area contributed by atoms with Gasteiger partial charge in [-0.2, -0.15) is 0 Å². The fourth-order valence-corrected chi connectivity index (χ4v) is 8.31. The molecular weight excluding hydrogens is 731 g/mol. The number of nitrogens with zero attached hydrogens (tertiary/aromatic N) is 1. The number of furan rings is 2. The second kappa shape index (κ2) is 12.2. The van der Waals surface area contributed by atoms with Crippen LogP contribution in [0.15, 0.2) is 196 Å². The summed E-state index contributed by atoms with van der Waals surface area (Å²) >= 11 is 0. The molecule has 1 spiro atoms. The van der Waals surface area contributed by atoms with Gasteiger partial charge in [0.2, 0.25) is 0 Å². The molecule has 0 fully saturated rings. The molecule has 0 N–H and O–H groups in total. The van der Waals surface area contributed by atoms with E-state index in [0.29, 0.717) is 4.90 Å². The first-order valence-electron chi connectivity index (χ1n) is 36.2. The Morgan fingerprint density at radius 3 is 1.70 bits per heavy atom. The summed E-state index contributed by atoms with van der Waals surface area (Å²) in [4.78, 5) is 0.364. The molecule has 0 unspecified atom stereocenters. The number of para-hydroxylation sites is 2. The molecule has 2 aromatic heterocycles. The van der Waals surface area contributed by atoms with Crippen LogP contribution >= 0.6 is 0 Å². The van der Waals surface area contributed by atoms with Crippen LogP contribution in [0.5, 0.6) is 0 Å². The van der Waals surface area contributed by atoms with Crippen molar-refractivity contribution in [3.63, 3.8) is 0 Å². The van der Waals surface area contributed by atoms with Gasteiger partial charge in [-0.3, -0.25) is 0 Å². The SMILES string of the molecule is [2H]c1c([2H])c([2H])c2c(c1[2H])-c1c(N(c3c([2H])c([2H])c(-c4c([2H])c([2H])c([2H])c5oc6c([2H])c([2H])c([2H])c([2H])c6c45)c([2H])c3[2H])c3c([2H])c([2H])c([2H])c4oc5c([2H])c([2H])c([2H])c([2H])c5c34)c([2H])c([2H])c([2H])c1C21c2c([2H])c(C([2H])([2H])[2H])c([2H])c([2H])c2-c2c([2H])c([2H])c(C([2H])([2H])[2H])c([2H])c21. The predicted molar refractivity (Wildman–Crippen MR) is 247 cm³/mol. The van der Waals surface area contributed by atoms with E-state index in [1.54, 1.807) is 0 Å². The Morgan fingerprint density at radius 2 is 0.983 bits per heavy atom. The minimum atomic E-state index is -3.61. The van der Waals surface area contributed by atoms with Gasteiger partial charge in [-0.25, -0.2) is 0 Å². The largest absolute Gasteiger partial charge is 0.456 e. The summed E-state index contributed by atoms with van der Waals surface area (Å²) in [5, 5.41) is -2.83. The molecule has 13 rings (SSSR count). The minimum Gasteiger partial charge on any atom is -0.456 e. The van der Waals surface area contributed by atoms with Crippen LogP contribution in [0.2, 0.25) is 0 Å². The van der Waals surface area contributed by atoms with Crippen LogP contribution in [0.4, 0.5) is 17.1 Å². The summed E-state index contributed by atoms with van der Waals surface area (Å²) in [7, 11) is 0. The molecule has 2 heterocycles. The Balaban J connectivity index is 1.34. The fourth-order valence-electron chi connectivity index (χ4n) is 8.31. The molecule has 0 atom stereocenters. The summed E-state index contributed by atoms with van der Waals surface area (Å²) in [5.41, 5.74) is -22.7. The lowest BCUT2D eigenvalue weighted by molar-refractivity contribution is 0.668. The van der Waals surface area contributed by atoms with Gasteiger partial charge in [0.05, 0.1) is 64.7 Å². The van der Waals surface area contributed by atoms with E-state index in [4.69, 9.17) is 32.1 Å². The zero-order valence-corrected chi connectivity index (χ0v) is 29.8. The van der Waals surface area contributed by atoms with Gasteiger partial charge in [-0.05, 0) is 112 Å². The van der Waals surface area contributed by atoms with Gasteiger partial charge in [0.25, 0.3) is 0 Å². The smallest absolute Gasteiger partial charge is 0.137 e. The van der Waals surface area contributed by atoms with Crippen molar-refractivity contribution in [2.75, 3.05) is 4.90 Å². The number of anilines is 3. The van der Waals surface area contributed by atoms with Crippen molar-refractivity contribution >= 4 is 60.9 Å². The maximum atomic E-state index is 10.2. The Hall–Kier alpha value is -7.62. The average Bonchev–Trinajstić information content (AvgIpc) is 1.47. The summed E-state index contributed by atoms with van der Waals surface area (Å²) in [6.07, 6.45) is 0. The molecule has 0 radical (unpaired) electrons. The van der Waals surface area contributed by atoms with E-state index < -0.39 is 334 Å². The van der Waals surface area contributed by atoms with Crippen molar-refractivity contribution in [3.05, 3.63) is 221 Å². The molecule has 0 aliphatic heterocycles. The molecule has 282 valence electrons. The van der Waals surface area contributed by atoms with Crippen molar-refractivity contribution in [1.82, 2.24) is 0 Å². The number of fused-ring (bicyclic) bond motifs is 16. The highest BCUT2D eigenvalue weighted by molar-refractivity contribution is 6.15. The van der Waals surface area contributed by atoms with Gasteiger partial charge in [0.1, 0.15) is 22.3 Å². The standard InChI is InChI=1S/C57H37NO2/c1-34-24-30-39-40-31-25-35(2)33-47(40)57(46(39)32-34)44-16-6-3-12-41(44)55-45(57)17-10-18-48(55)58(49-19-11-23-53-56(49)43-14-5-8-21-51(43)60-53)37-28-26-36(27-29-37)38-15-9-22-52-54(38)42-13-4-7-20-50(42)59-52/h3-33H,1-2H3/i1D3,2D3,3D,4D,5D,6D,7D,8D,9D,10D,11D,12D,13D,14D,15D,16D,17D,18D,19D,20D,21D,22D,23D,24D,25D,26D,27D,28D,29D,30D,31D,32D,33D. The van der Waals surface area contributed by atoms with E-state index in [-0.39, 0.29) is 0 Å². The highest BCUT2D eigenvalue weighted by atomic mass is 16.3. The lowest BCUT2D eigenvalue weighted by Gasteiger charge is -2.32. The molecule has 2 aliphatic carbocycles. The second-order valence-electron chi connectivity index (χ2n) is 13.5. The first-order chi connectivity index (χ1) is 44.9. The highest BCUT2D eigenvalue weighted by Gasteiger charge is 2.52. The van der Waals surface area contributed by atoms with Crippen LogP contribution in [0, 0.1) is 13.7 Å². The van der Waals surface area contributed by atoms with Crippen LogP contribution in [-0.2, 0) is 5.41 Å². The van der Waals surface area contributed by atoms with Crippen molar-refractivity contribution in [1.29, 1.82) is 0 Å². The lowest BCUT2D eigenvalue weighted by Crippen LogP contribution is -2.26. The Bertz CT molecular complexity index is 5530. The quantitative estimate of drug-likeness (QED) is 0.177. The second-order valence-corrected chi connectivity index (χ2v) is 13.5. The lowest BCUT2D eigenvalue weighted by atomic mass is 9.70. The topological polar surface area (TPSA) is 29.5 Å². The summed E-state index contributed by atoms with van der Waals surface area (Å²) in [6, 6.07) is -36.2. The van der Waals surface area contributed by atoms with E-state index in [1.165, 1.54) is 0 Å². The minimum absolute atomic E-state index is 0.364. The third-order valence-corrected chi connectivity index (χ3v) is 10.6. The molecular formula is C57H37NO2. The molecule has 9 aromatic carbocycles. The monoisotopic (exact) mass is 805 g/mol. The molecule has 11 aromatic rings. The average molecular weight is 805 g/mol. The molecule has 0 amide bonds. The van der Waals surface area contributed by atoms with Crippen LogP contribution in [-0.4, -0.2) is 0 Å². The van der Waals surface area contributed by atoms with Gasteiger partial charge < -0.3 is 13.7 Å². The van der Waals surface area contributed by atoms with Gasteiger partial charge >= 0.3 is 0 Å². The first kappa shape index (κ1) is 13.5. The molecule has 3 nitrogen and oxygen atoms in total. The summed E-state index contributed by atoms with van der Waals surface area (Å²) in [5.74, 6) is 0. The van der Waals surface area contributed by atoms with Crippen molar-refractivity contribution in [2.45, 2.75) is 19.1 Å². The maximum Gasteiger partial charge on any atom is 0.137 e. The number of rotatable bonds is 4. The number of hydrogen-bond acceptors (Lipinski definition) is 3. The molecule has 0 bridgehead atoms. The summed E-state index contributed by atoms with van der Waals surface area (Å²) in [6.45, 7) is -7.23. The van der Waals surface area contributed by atoms with Crippen LogP contribution in [0.1, 0.15) is 84.1 Å². The molecule has 0 saturated heterocycles. The van der Waals surface area contributed by atoms with Crippen LogP contribution in [0.3, 0.4) is 0 Å². The van der Waals surface area contributed by atoms with Gasteiger partial charge in [0.15, 0.2) is 0 Å². The van der Waals surface area contributed by atoms with E-state index in [2.05, 4.69) is 0 Å².